The third kappa shape index (κ3) is 4.37. The van der Waals surface area contributed by atoms with Crippen LogP contribution in [-0.2, 0) is 0 Å². The lowest BCUT2D eigenvalue weighted by molar-refractivity contribution is 0.480. The number of hydrogen-bond donors (Lipinski definition) is 6. The zero-order valence-corrected chi connectivity index (χ0v) is 20.9. The van der Waals surface area contributed by atoms with E-state index in [4.69, 9.17) is 11.6 Å². The molecule has 0 saturated carbocycles. The average Bonchev–Trinajstić information content (AvgIpc) is 3.62. The van der Waals surface area contributed by atoms with Crippen molar-refractivity contribution in [1.29, 1.82) is 5.26 Å². The van der Waals surface area contributed by atoms with Crippen molar-refractivity contribution >= 4 is 57.0 Å². The van der Waals surface area contributed by atoms with Gasteiger partial charge in [-0.15, -0.1) is 11.8 Å². The van der Waals surface area contributed by atoms with Crippen LogP contribution >= 0.6 is 23.4 Å². The van der Waals surface area contributed by atoms with Gasteiger partial charge in [0.2, 0.25) is 5.95 Å². The van der Waals surface area contributed by atoms with Crippen LogP contribution < -0.4 is 32.3 Å². The number of aromatic nitrogens is 2. The summed E-state index contributed by atoms with van der Waals surface area (Å²) in [6, 6.07) is 12.4. The Morgan fingerprint density at radius 3 is 2.82 bits per heavy atom. The number of halogens is 3. The Bertz CT molecular complexity index is 1660. The Morgan fingerprint density at radius 2 is 2.03 bits per heavy atom. The van der Waals surface area contributed by atoms with Gasteiger partial charge < -0.3 is 26.8 Å². The minimum Gasteiger partial charge on any atom is -0.375 e. The van der Waals surface area contributed by atoms with E-state index in [0.717, 1.165) is 40.0 Å². The van der Waals surface area contributed by atoms with Crippen LogP contribution in [0.1, 0.15) is 17.2 Å². The molecule has 0 saturated heterocycles. The van der Waals surface area contributed by atoms with Crippen molar-refractivity contribution in [3.8, 4) is 6.07 Å². The van der Waals surface area contributed by atoms with Crippen molar-refractivity contribution in [2.75, 3.05) is 21.8 Å². The highest BCUT2D eigenvalue weighted by molar-refractivity contribution is 8.00. The maximum atomic E-state index is 13.8. The fraction of sp³-hybridized carbons (Fsp3) is 0.0800. The Balaban J connectivity index is 1.45. The molecule has 6 N–H and O–H groups in total. The second-order valence-corrected chi connectivity index (χ2v) is 9.79. The summed E-state index contributed by atoms with van der Waals surface area (Å²) >= 11 is 8.37. The molecule has 9 nitrogen and oxygen atoms in total. The van der Waals surface area contributed by atoms with Gasteiger partial charge in [0.25, 0.3) is 0 Å². The van der Waals surface area contributed by atoms with Crippen LogP contribution in [0.2, 0.25) is 5.02 Å². The van der Waals surface area contributed by atoms with Gasteiger partial charge in [-0.3, -0.25) is 4.98 Å². The first-order valence-electron chi connectivity index (χ1n) is 11.3. The molecule has 0 unspecified atom stereocenters. The van der Waals surface area contributed by atoms with Crippen molar-refractivity contribution in [3.05, 3.63) is 88.6 Å². The fourth-order valence-electron chi connectivity index (χ4n) is 4.37. The maximum Gasteiger partial charge on any atom is 0.249 e. The topological polar surface area (TPSA) is 122 Å². The van der Waals surface area contributed by atoms with Gasteiger partial charge >= 0.3 is 0 Å². The average molecular weight is 550 g/mol. The van der Waals surface area contributed by atoms with Crippen molar-refractivity contribution in [3.63, 3.8) is 0 Å². The molecule has 0 bridgehead atoms. The normalized spacial score (nSPS) is 14.5. The van der Waals surface area contributed by atoms with E-state index in [1.165, 1.54) is 6.20 Å². The number of anilines is 4. The Hall–Kier alpha value is -4.31. The summed E-state index contributed by atoms with van der Waals surface area (Å²) in [5, 5.41) is 20.5. The molecule has 13 heteroatoms. The Morgan fingerprint density at radius 1 is 1.13 bits per heavy atom. The van der Waals surface area contributed by atoms with Gasteiger partial charge in [-0.05, 0) is 23.8 Å². The van der Waals surface area contributed by atoms with E-state index >= 15 is 0 Å². The van der Waals surface area contributed by atoms with Crippen LogP contribution in [0.15, 0.2) is 65.6 Å². The molecule has 2 aliphatic rings. The summed E-state index contributed by atoms with van der Waals surface area (Å²) in [5.41, 5.74) is 13.7. The molecule has 0 aliphatic carbocycles. The third-order valence-electron chi connectivity index (χ3n) is 6.08. The summed E-state index contributed by atoms with van der Waals surface area (Å²) in [4.78, 5) is 8.91. The molecular weight excluding hydrogens is 532 g/mol. The van der Waals surface area contributed by atoms with E-state index in [9.17, 15) is 14.0 Å². The highest BCUT2D eigenvalue weighted by atomic mass is 35.5. The van der Waals surface area contributed by atoms with Crippen LogP contribution in [0.3, 0.4) is 0 Å². The number of hydrazine groups is 2. The minimum atomic E-state index is -1.21. The zero-order chi connectivity index (χ0) is 26.2. The van der Waals surface area contributed by atoms with Crippen molar-refractivity contribution in [1.82, 2.24) is 26.4 Å². The molecule has 2 aromatic heterocycles. The fourth-order valence-corrected chi connectivity index (χ4v) is 5.66. The molecule has 0 spiro atoms. The highest BCUT2D eigenvalue weighted by Gasteiger charge is 2.26. The van der Waals surface area contributed by atoms with Gasteiger partial charge in [0.15, 0.2) is 5.82 Å². The monoisotopic (exact) mass is 549 g/mol. The van der Waals surface area contributed by atoms with E-state index in [1.54, 1.807) is 17.8 Å². The second kappa shape index (κ2) is 9.86. The van der Waals surface area contributed by atoms with Gasteiger partial charge in [-0.25, -0.2) is 9.37 Å². The van der Waals surface area contributed by atoms with Crippen LogP contribution in [-0.4, -0.2) is 15.8 Å². The molecule has 38 heavy (non-hydrogen) atoms. The molecule has 4 heterocycles. The standard InChI is InChI=1S/C25H18ClF2N9S/c26-17-5-13(34-23(20-10-33-37-36-20)15-2-1-3-19-24(15)38-11-32-19)4-16-21(12(7-29)8-30-22(16)17)35-14-6-18(27)25(28)31-9-14/h1-6,8-10,23,32-34,36-37H,11H2,(H,30,35)/t23-/m0/s1. The van der Waals surface area contributed by atoms with Crippen LogP contribution in [0.25, 0.3) is 10.9 Å². The first kappa shape index (κ1) is 24.1. The number of thioether (sulfide) groups is 1. The van der Waals surface area contributed by atoms with Gasteiger partial charge in [-0.2, -0.15) is 15.2 Å². The second-order valence-electron chi connectivity index (χ2n) is 8.40. The number of nitrogens with one attached hydrogen (secondary N) is 6. The molecule has 0 fully saturated rings. The Kier molecular flexibility index (Phi) is 6.24. The number of nitrogens with zero attached hydrogens (tertiary/aromatic N) is 3. The first-order valence-corrected chi connectivity index (χ1v) is 12.7. The molecule has 2 aromatic carbocycles. The molecule has 1 atom stereocenters. The Labute approximate surface area is 224 Å². The maximum absolute atomic E-state index is 13.8. The van der Waals surface area contributed by atoms with E-state index in [1.807, 2.05) is 24.4 Å². The van der Waals surface area contributed by atoms with Crippen LogP contribution in [0, 0.1) is 23.1 Å². The number of nitriles is 1. The smallest absolute Gasteiger partial charge is 0.249 e. The van der Waals surface area contributed by atoms with Gasteiger partial charge in [-0.1, -0.05) is 23.7 Å². The first-order chi connectivity index (χ1) is 18.5. The number of benzene rings is 2. The predicted molar refractivity (Wildman–Crippen MR) is 144 cm³/mol. The van der Waals surface area contributed by atoms with Crippen LogP contribution in [0.4, 0.5) is 31.5 Å². The summed E-state index contributed by atoms with van der Waals surface area (Å²) < 4.78 is 27.2. The summed E-state index contributed by atoms with van der Waals surface area (Å²) in [6.45, 7) is 0. The van der Waals surface area contributed by atoms with Crippen LogP contribution in [0.5, 0.6) is 0 Å². The molecule has 0 radical (unpaired) electrons. The number of fused-ring (bicyclic) bond motifs is 2. The largest absolute Gasteiger partial charge is 0.375 e. The van der Waals surface area contributed by atoms with Gasteiger partial charge in [0.1, 0.15) is 6.07 Å². The summed E-state index contributed by atoms with van der Waals surface area (Å²) in [5.74, 6) is -1.55. The number of rotatable bonds is 6. The van der Waals surface area contributed by atoms with E-state index in [2.05, 4.69) is 54.4 Å². The molecule has 6 rings (SSSR count). The molecule has 0 amide bonds. The summed E-state index contributed by atoms with van der Waals surface area (Å²) in [6.07, 6.45) is 4.35. The predicted octanol–water partition coefficient (Wildman–Crippen LogP) is 5.26. The van der Waals surface area contributed by atoms with Crippen molar-refractivity contribution in [2.24, 2.45) is 0 Å². The lowest BCUT2D eigenvalue weighted by atomic mass is 10.0. The quantitative estimate of drug-likeness (QED) is 0.178. The van der Waals surface area contributed by atoms with Gasteiger partial charge in [0, 0.05) is 40.1 Å². The highest BCUT2D eigenvalue weighted by Crippen LogP contribution is 2.42. The van der Waals surface area contributed by atoms with Crippen molar-refractivity contribution < 1.29 is 8.78 Å². The summed E-state index contributed by atoms with van der Waals surface area (Å²) in [7, 11) is 0. The number of hydrogen-bond acceptors (Lipinski definition) is 10. The van der Waals surface area contributed by atoms with E-state index < -0.39 is 11.8 Å². The van der Waals surface area contributed by atoms with Gasteiger partial charge in [0.05, 0.1) is 51.3 Å². The molecular formula is C25H18ClF2N9S. The van der Waals surface area contributed by atoms with E-state index in [-0.39, 0.29) is 17.3 Å². The van der Waals surface area contributed by atoms with Crippen molar-refractivity contribution in [2.45, 2.75) is 10.9 Å². The molecule has 2 aliphatic heterocycles. The van der Waals surface area contributed by atoms with E-state index in [0.29, 0.717) is 27.3 Å². The lowest BCUT2D eigenvalue weighted by Crippen LogP contribution is -2.34. The molecule has 190 valence electrons. The number of pyridine rings is 2. The third-order valence-corrected chi connectivity index (χ3v) is 7.40. The minimum absolute atomic E-state index is 0.169. The molecule has 4 aromatic rings. The SMILES string of the molecule is N#Cc1cnc2c(Cl)cc(N[C@H](C3=CNNN3)c3cccc4c3SCN4)cc2c1Nc1cnc(F)c(F)c1. The lowest BCUT2D eigenvalue weighted by Gasteiger charge is -2.24. The zero-order valence-electron chi connectivity index (χ0n) is 19.4.